The predicted octanol–water partition coefficient (Wildman–Crippen LogP) is 0.110. The highest BCUT2D eigenvalue weighted by Gasteiger charge is 2.31. The van der Waals surface area contributed by atoms with Gasteiger partial charge in [-0.15, -0.1) is 12.4 Å². The number of carboxylic acid groups (broad SMARTS) is 1. The molecule has 0 unspecified atom stereocenters. The highest BCUT2D eigenvalue weighted by atomic mass is 35.5. The normalized spacial score (nSPS) is 19.3. The highest BCUT2D eigenvalue weighted by molar-refractivity contribution is 5.85. The molecule has 1 atom stereocenters. The molecule has 0 aromatic carbocycles. The van der Waals surface area contributed by atoms with Crippen molar-refractivity contribution in [2.75, 3.05) is 32.8 Å². The SMILES string of the molecule is CCOCCNC(=O)CN1CCC[C@H]1C(=O)O.Cl. The summed E-state index contributed by atoms with van der Waals surface area (Å²) in [4.78, 5) is 24.1. The number of rotatable bonds is 7. The van der Waals surface area contributed by atoms with Gasteiger partial charge in [0.15, 0.2) is 0 Å². The van der Waals surface area contributed by atoms with E-state index < -0.39 is 12.0 Å². The lowest BCUT2D eigenvalue weighted by molar-refractivity contribution is -0.142. The van der Waals surface area contributed by atoms with Crippen LogP contribution < -0.4 is 5.32 Å². The summed E-state index contributed by atoms with van der Waals surface area (Å²) < 4.78 is 5.09. The van der Waals surface area contributed by atoms with Gasteiger partial charge in [-0.25, -0.2) is 0 Å². The Kier molecular flexibility index (Phi) is 8.70. The largest absolute Gasteiger partial charge is 0.480 e. The molecule has 18 heavy (non-hydrogen) atoms. The molecule has 106 valence electrons. The number of carboxylic acids is 1. The first-order valence-electron chi connectivity index (χ1n) is 5.96. The molecule has 1 rings (SSSR count). The molecule has 2 N–H and O–H groups in total. The standard InChI is InChI=1S/C11H20N2O4.ClH/c1-2-17-7-5-12-10(14)8-13-6-3-4-9(13)11(15)16;/h9H,2-8H2,1H3,(H,12,14)(H,15,16);1H/t9-;/m0./s1. The highest BCUT2D eigenvalue weighted by Crippen LogP contribution is 2.16. The van der Waals surface area contributed by atoms with Gasteiger partial charge in [0.2, 0.25) is 5.91 Å². The zero-order chi connectivity index (χ0) is 12.7. The van der Waals surface area contributed by atoms with Crippen LogP contribution in [-0.2, 0) is 14.3 Å². The molecule has 1 aliphatic heterocycles. The van der Waals surface area contributed by atoms with Crippen LogP contribution in [0.15, 0.2) is 0 Å². The van der Waals surface area contributed by atoms with Gasteiger partial charge in [-0.3, -0.25) is 14.5 Å². The average molecular weight is 281 g/mol. The van der Waals surface area contributed by atoms with Gasteiger partial charge in [-0.2, -0.15) is 0 Å². The van der Waals surface area contributed by atoms with E-state index in [1.54, 1.807) is 4.90 Å². The molecule has 0 radical (unpaired) electrons. The molecule has 1 aliphatic rings. The zero-order valence-electron chi connectivity index (χ0n) is 10.6. The minimum Gasteiger partial charge on any atom is -0.480 e. The van der Waals surface area contributed by atoms with Crippen LogP contribution in [0.1, 0.15) is 19.8 Å². The Labute approximate surface area is 113 Å². The van der Waals surface area contributed by atoms with Crippen molar-refractivity contribution in [2.24, 2.45) is 0 Å². The molecule has 0 saturated carbocycles. The number of carbonyl (C=O) groups is 2. The van der Waals surface area contributed by atoms with E-state index in [-0.39, 0.29) is 24.9 Å². The second-order valence-corrected chi connectivity index (χ2v) is 4.01. The van der Waals surface area contributed by atoms with Crippen LogP contribution in [-0.4, -0.2) is 60.8 Å². The van der Waals surface area contributed by atoms with E-state index in [0.29, 0.717) is 32.7 Å². The molecule has 1 saturated heterocycles. The van der Waals surface area contributed by atoms with Crippen LogP contribution in [0.2, 0.25) is 0 Å². The van der Waals surface area contributed by atoms with Crippen LogP contribution in [0.3, 0.4) is 0 Å². The molecule has 0 bridgehead atoms. The topological polar surface area (TPSA) is 78.9 Å². The summed E-state index contributed by atoms with van der Waals surface area (Å²) in [5.41, 5.74) is 0. The molecule has 0 aromatic rings. The Bertz CT molecular complexity index is 276. The number of hydrogen-bond donors (Lipinski definition) is 2. The van der Waals surface area contributed by atoms with Crippen molar-refractivity contribution in [1.29, 1.82) is 0 Å². The predicted molar refractivity (Wildman–Crippen MR) is 69.0 cm³/mol. The maximum Gasteiger partial charge on any atom is 0.320 e. The lowest BCUT2D eigenvalue weighted by Crippen LogP contribution is -2.43. The summed E-state index contributed by atoms with van der Waals surface area (Å²) in [7, 11) is 0. The molecular formula is C11H21ClN2O4. The number of likely N-dealkylation sites (tertiary alicyclic amines) is 1. The summed E-state index contributed by atoms with van der Waals surface area (Å²) in [6, 6.07) is -0.507. The fourth-order valence-electron chi connectivity index (χ4n) is 1.94. The molecule has 1 amide bonds. The Morgan fingerprint density at radius 2 is 2.22 bits per heavy atom. The van der Waals surface area contributed by atoms with E-state index in [9.17, 15) is 9.59 Å². The number of amides is 1. The van der Waals surface area contributed by atoms with Gasteiger partial charge in [-0.1, -0.05) is 0 Å². The number of ether oxygens (including phenoxy) is 1. The molecule has 6 nitrogen and oxygen atoms in total. The summed E-state index contributed by atoms with van der Waals surface area (Å²) >= 11 is 0. The monoisotopic (exact) mass is 280 g/mol. The van der Waals surface area contributed by atoms with Crippen molar-refractivity contribution in [1.82, 2.24) is 10.2 Å². The minimum atomic E-state index is -0.843. The van der Waals surface area contributed by atoms with Crippen molar-refractivity contribution in [3.05, 3.63) is 0 Å². The van der Waals surface area contributed by atoms with Gasteiger partial charge >= 0.3 is 5.97 Å². The smallest absolute Gasteiger partial charge is 0.320 e. The van der Waals surface area contributed by atoms with Crippen LogP contribution in [0.4, 0.5) is 0 Å². The molecule has 1 fully saturated rings. The van der Waals surface area contributed by atoms with Gasteiger partial charge in [0.1, 0.15) is 6.04 Å². The number of nitrogens with zero attached hydrogens (tertiary/aromatic N) is 1. The van der Waals surface area contributed by atoms with Crippen molar-refractivity contribution >= 4 is 24.3 Å². The lowest BCUT2D eigenvalue weighted by atomic mass is 10.2. The van der Waals surface area contributed by atoms with E-state index in [1.807, 2.05) is 6.92 Å². The summed E-state index contributed by atoms with van der Waals surface area (Å²) in [5.74, 6) is -0.984. The van der Waals surface area contributed by atoms with Gasteiger partial charge in [0, 0.05) is 13.2 Å². The van der Waals surface area contributed by atoms with E-state index >= 15 is 0 Å². The van der Waals surface area contributed by atoms with E-state index in [4.69, 9.17) is 9.84 Å². The van der Waals surface area contributed by atoms with Crippen LogP contribution >= 0.6 is 12.4 Å². The van der Waals surface area contributed by atoms with Gasteiger partial charge in [0.05, 0.1) is 13.2 Å². The molecule has 0 aromatic heterocycles. The molecular weight excluding hydrogens is 260 g/mol. The van der Waals surface area contributed by atoms with Gasteiger partial charge in [0.25, 0.3) is 0 Å². The first-order valence-corrected chi connectivity index (χ1v) is 5.96. The van der Waals surface area contributed by atoms with E-state index in [1.165, 1.54) is 0 Å². The maximum absolute atomic E-state index is 11.5. The van der Waals surface area contributed by atoms with Crippen molar-refractivity contribution in [3.63, 3.8) is 0 Å². The Morgan fingerprint density at radius 1 is 1.50 bits per heavy atom. The third kappa shape index (κ3) is 5.66. The number of aliphatic carboxylic acids is 1. The fraction of sp³-hybridized carbons (Fsp3) is 0.818. The minimum absolute atomic E-state index is 0. The fourth-order valence-corrected chi connectivity index (χ4v) is 1.94. The third-order valence-electron chi connectivity index (χ3n) is 2.77. The Morgan fingerprint density at radius 3 is 2.83 bits per heavy atom. The average Bonchev–Trinajstić information content (AvgIpc) is 2.72. The molecule has 0 spiro atoms. The van der Waals surface area contributed by atoms with Crippen molar-refractivity contribution < 1.29 is 19.4 Å². The Hall–Kier alpha value is -0.850. The summed E-state index contributed by atoms with van der Waals surface area (Å²) in [5, 5.41) is 11.7. The van der Waals surface area contributed by atoms with Crippen LogP contribution in [0, 0.1) is 0 Å². The molecule has 7 heteroatoms. The van der Waals surface area contributed by atoms with E-state index in [0.717, 1.165) is 6.42 Å². The van der Waals surface area contributed by atoms with Crippen molar-refractivity contribution in [3.8, 4) is 0 Å². The van der Waals surface area contributed by atoms with Gasteiger partial charge < -0.3 is 15.2 Å². The number of hydrogen-bond acceptors (Lipinski definition) is 4. The van der Waals surface area contributed by atoms with Crippen LogP contribution in [0.5, 0.6) is 0 Å². The maximum atomic E-state index is 11.5. The third-order valence-corrected chi connectivity index (χ3v) is 2.77. The van der Waals surface area contributed by atoms with Gasteiger partial charge in [-0.05, 0) is 26.3 Å². The molecule has 0 aliphatic carbocycles. The molecule has 1 heterocycles. The zero-order valence-corrected chi connectivity index (χ0v) is 11.4. The number of nitrogens with one attached hydrogen (secondary N) is 1. The van der Waals surface area contributed by atoms with E-state index in [2.05, 4.69) is 5.32 Å². The number of halogens is 1. The second kappa shape index (κ2) is 9.13. The lowest BCUT2D eigenvalue weighted by Gasteiger charge is -2.20. The van der Waals surface area contributed by atoms with Crippen molar-refractivity contribution in [2.45, 2.75) is 25.8 Å². The second-order valence-electron chi connectivity index (χ2n) is 4.01. The Balaban J connectivity index is 0.00000289. The quantitative estimate of drug-likeness (QED) is 0.647. The number of carbonyl (C=O) groups excluding carboxylic acids is 1. The summed E-state index contributed by atoms with van der Waals surface area (Å²) in [6.45, 7) is 4.31. The summed E-state index contributed by atoms with van der Waals surface area (Å²) in [6.07, 6.45) is 1.46. The first kappa shape index (κ1) is 17.2. The first-order chi connectivity index (χ1) is 8.15. The van der Waals surface area contributed by atoms with Crippen LogP contribution in [0.25, 0.3) is 0 Å².